The van der Waals surface area contributed by atoms with Crippen LogP contribution in [0.2, 0.25) is 5.82 Å². The van der Waals surface area contributed by atoms with Crippen molar-refractivity contribution >= 4 is 13.9 Å². The molecule has 0 aromatic rings. The summed E-state index contributed by atoms with van der Waals surface area (Å²) in [6, 6.07) is 2.21. The molecule has 3 atom stereocenters. The molecule has 4 heteroatoms. The predicted molar refractivity (Wildman–Crippen MR) is 88.2 cm³/mol. The Morgan fingerprint density at radius 1 is 1.15 bits per heavy atom. The lowest BCUT2D eigenvalue weighted by Gasteiger charge is -2.29. The second-order valence-corrected chi connectivity index (χ2v) is 7.21. The summed E-state index contributed by atoms with van der Waals surface area (Å²) in [5.74, 6) is 0.771. The highest BCUT2D eigenvalue weighted by atomic mass is 16.5. The van der Waals surface area contributed by atoms with Crippen LogP contribution in [0.4, 0.5) is 0 Å². The van der Waals surface area contributed by atoms with E-state index < -0.39 is 0 Å². The summed E-state index contributed by atoms with van der Waals surface area (Å²) < 4.78 is 6.29. The van der Waals surface area contributed by atoms with E-state index in [4.69, 9.17) is 9.73 Å². The molecule has 1 aliphatic carbocycles. The van der Waals surface area contributed by atoms with Gasteiger partial charge in [0.05, 0.1) is 6.04 Å². The molecule has 2 rings (SSSR count). The summed E-state index contributed by atoms with van der Waals surface area (Å²) in [7, 11) is 2.38. The summed E-state index contributed by atoms with van der Waals surface area (Å²) in [5, 5.41) is 0. The summed E-state index contributed by atoms with van der Waals surface area (Å²) >= 11 is 0. The molecule has 20 heavy (non-hydrogen) atoms. The Labute approximate surface area is 125 Å². The van der Waals surface area contributed by atoms with Gasteiger partial charge in [-0.3, -0.25) is 0 Å². The molecule has 3 unspecified atom stereocenters. The first-order valence-corrected chi connectivity index (χ1v) is 8.51. The van der Waals surface area contributed by atoms with Crippen molar-refractivity contribution < 1.29 is 4.74 Å². The van der Waals surface area contributed by atoms with E-state index in [1.807, 2.05) is 0 Å². The van der Waals surface area contributed by atoms with E-state index in [1.54, 1.807) is 0 Å². The smallest absolute Gasteiger partial charge is 0.288 e. The topological polar surface area (TPSA) is 24.8 Å². The largest absolute Gasteiger partial charge is 0.460 e. The number of rotatable bonds is 2. The standard InChI is InChI=1S/C16H31BN2O/c1-11(2)18-16-19(12(3)4)14-9-7-5-6-8-13(17)10-15(14)20-16/h11-15H,5-10,17H2,1-4H3/b18-16+. The summed E-state index contributed by atoms with van der Waals surface area (Å²) in [6.07, 6.45) is 8.23. The molecule has 1 saturated carbocycles. The average molecular weight is 278 g/mol. The first kappa shape index (κ1) is 15.7. The maximum absolute atomic E-state index is 6.29. The van der Waals surface area contributed by atoms with Gasteiger partial charge in [0.1, 0.15) is 14.0 Å². The van der Waals surface area contributed by atoms with Crippen LogP contribution in [0.3, 0.4) is 0 Å². The van der Waals surface area contributed by atoms with Crippen molar-refractivity contribution in [3.05, 3.63) is 0 Å². The lowest BCUT2D eigenvalue weighted by Crippen LogP contribution is -2.42. The van der Waals surface area contributed by atoms with Crippen LogP contribution in [-0.2, 0) is 4.74 Å². The maximum atomic E-state index is 6.29. The fourth-order valence-corrected chi connectivity index (χ4v) is 3.59. The second-order valence-electron chi connectivity index (χ2n) is 7.21. The molecule has 1 saturated heterocycles. The van der Waals surface area contributed by atoms with Crippen LogP contribution in [0.1, 0.15) is 66.2 Å². The number of fused-ring (bicyclic) bond motifs is 1. The van der Waals surface area contributed by atoms with E-state index in [9.17, 15) is 0 Å². The Hall–Kier alpha value is -0.665. The number of hydrogen-bond acceptors (Lipinski definition) is 2. The van der Waals surface area contributed by atoms with Crippen LogP contribution in [0, 0.1) is 0 Å². The Morgan fingerprint density at radius 3 is 2.50 bits per heavy atom. The van der Waals surface area contributed by atoms with Crippen molar-refractivity contribution in [2.75, 3.05) is 0 Å². The second kappa shape index (κ2) is 6.86. The minimum absolute atomic E-state index is 0.302. The van der Waals surface area contributed by atoms with Crippen molar-refractivity contribution in [1.29, 1.82) is 0 Å². The van der Waals surface area contributed by atoms with Crippen molar-refractivity contribution in [3.63, 3.8) is 0 Å². The number of ether oxygens (including phenoxy) is 1. The maximum Gasteiger partial charge on any atom is 0.288 e. The Bertz CT molecular complexity index is 343. The van der Waals surface area contributed by atoms with Gasteiger partial charge in [0.25, 0.3) is 6.02 Å². The first-order valence-electron chi connectivity index (χ1n) is 8.51. The van der Waals surface area contributed by atoms with Gasteiger partial charge in [-0.1, -0.05) is 31.5 Å². The summed E-state index contributed by atoms with van der Waals surface area (Å²) in [6.45, 7) is 8.78. The van der Waals surface area contributed by atoms with Gasteiger partial charge in [0.2, 0.25) is 0 Å². The zero-order valence-electron chi connectivity index (χ0n) is 13.9. The minimum Gasteiger partial charge on any atom is -0.460 e. The van der Waals surface area contributed by atoms with Gasteiger partial charge in [-0.05, 0) is 40.5 Å². The SMILES string of the molecule is BC1CCCCCC2C(C1)O/C(=N/C(C)C)N2C(C)C. The quantitative estimate of drug-likeness (QED) is 0.725. The van der Waals surface area contributed by atoms with Crippen molar-refractivity contribution in [2.45, 2.75) is 96.3 Å². The third-order valence-corrected chi connectivity index (χ3v) is 4.52. The molecule has 0 N–H and O–H groups in total. The fourth-order valence-electron chi connectivity index (χ4n) is 3.59. The van der Waals surface area contributed by atoms with E-state index in [2.05, 4.69) is 40.4 Å². The Morgan fingerprint density at radius 2 is 1.85 bits per heavy atom. The van der Waals surface area contributed by atoms with Crippen molar-refractivity contribution in [2.24, 2.45) is 4.99 Å². The zero-order valence-corrected chi connectivity index (χ0v) is 13.9. The first-order chi connectivity index (χ1) is 9.49. The normalized spacial score (nSPS) is 33.8. The van der Waals surface area contributed by atoms with Crippen LogP contribution in [0.25, 0.3) is 0 Å². The van der Waals surface area contributed by atoms with Crippen LogP contribution in [-0.4, -0.2) is 43.0 Å². The number of nitrogens with zero attached hydrogens (tertiary/aromatic N) is 2. The van der Waals surface area contributed by atoms with Gasteiger partial charge in [-0.15, -0.1) is 0 Å². The summed E-state index contributed by atoms with van der Waals surface area (Å²) in [5.41, 5.74) is 0. The molecule has 0 aromatic carbocycles. The minimum atomic E-state index is 0.302. The molecule has 0 aromatic heterocycles. The molecule has 2 aliphatic rings. The molecule has 0 radical (unpaired) electrons. The van der Waals surface area contributed by atoms with Gasteiger partial charge >= 0.3 is 0 Å². The lowest BCUT2D eigenvalue weighted by molar-refractivity contribution is 0.162. The molecule has 3 nitrogen and oxygen atoms in total. The highest BCUT2D eigenvalue weighted by Gasteiger charge is 2.41. The highest BCUT2D eigenvalue weighted by Crippen LogP contribution is 2.34. The van der Waals surface area contributed by atoms with Crippen LogP contribution < -0.4 is 0 Å². The molecule has 0 spiro atoms. The third kappa shape index (κ3) is 3.70. The predicted octanol–water partition coefficient (Wildman–Crippen LogP) is 3.00. The number of aliphatic imine (C=N–C) groups is 1. The van der Waals surface area contributed by atoms with E-state index >= 15 is 0 Å². The molecular formula is C16H31BN2O. The van der Waals surface area contributed by atoms with Gasteiger partial charge in [-0.2, -0.15) is 0 Å². The monoisotopic (exact) mass is 278 g/mol. The molecule has 0 bridgehead atoms. The lowest BCUT2D eigenvalue weighted by atomic mass is 9.78. The molecule has 114 valence electrons. The zero-order chi connectivity index (χ0) is 14.7. The average Bonchev–Trinajstić information content (AvgIpc) is 2.67. The van der Waals surface area contributed by atoms with E-state index in [0.717, 1.165) is 11.8 Å². The molecule has 2 fully saturated rings. The van der Waals surface area contributed by atoms with E-state index in [-0.39, 0.29) is 0 Å². The van der Waals surface area contributed by atoms with Gasteiger partial charge in [0.15, 0.2) is 0 Å². The van der Waals surface area contributed by atoms with Crippen molar-refractivity contribution in [1.82, 2.24) is 4.90 Å². The van der Waals surface area contributed by atoms with Crippen LogP contribution in [0.15, 0.2) is 4.99 Å². The van der Waals surface area contributed by atoms with Crippen LogP contribution in [0.5, 0.6) is 0 Å². The molecular weight excluding hydrogens is 247 g/mol. The molecule has 1 aliphatic heterocycles. The Balaban J connectivity index is 2.21. The van der Waals surface area contributed by atoms with Crippen molar-refractivity contribution in [3.8, 4) is 0 Å². The number of amidine groups is 1. The molecule has 1 heterocycles. The number of hydrogen-bond donors (Lipinski definition) is 0. The third-order valence-electron chi connectivity index (χ3n) is 4.52. The van der Waals surface area contributed by atoms with Crippen LogP contribution >= 0.6 is 0 Å². The van der Waals surface area contributed by atoms with Gasteiger partial charge < -0.3 is 9.64 Å². The fraction of sp³-hybridized carbons (Fsp3) is 0.938. The summed E-state index contributed by atoms with van der Waals surface area (Å²) in [4.78, 5) is 7.18. The van der Waals surface area contributed by atoms with Gasteiger partial charge in [0, 0.05) is 12.1 Å². The van der Waals surface area contributed by atoms with E-state index in [1.165, 1.54) is 38.5 Å². The molecule has 0 amide bonds. The van der Waals surface area contributed by atoms with Gasteiger partial charge in [-0.25, -0.2) is 4.99 Å². The van der Waals surface area contributed by atoms with E-state index in [0.29, 0.717) is 24.2 Å². The Kier molecular flexibility index (Phi) is 5.39. The highest BCUT2D eigenvalue weighted by molar-refractivity contribution is 6.11.